The Morgan fingerprint density at radius 1 is 0.275 bits per heavy atom. The highest BCUT2D eigenvalue weighted by Crippen LogP contribution is 2.45. The van der Waals surface area contributed by atoms with Crippen LogP contribution in [0.1, 0.15) is 349 Å². The minimum absolute atomic E-state index is 0.0162. The van der Waals surface area contributed by atoms with Crippen LogP contribution in [0.3, 0.4) is 0 Å². The number of phosphoric acid groups is 2. The molecule has 0 fully saturated rings. The van der Waals surface area contributed by atoms with Gasteiger partial charge in [-0.25, -0.2) is 9.13 Å². The second-order valence-corrected chi connectivity index (χ2v) is 29.9. The molecule has 5 atom stereocenters. The lowest BCUT2D eigenvalue weighted by Gasteiger charge is -2.21. The number of aliphatic hydroxyl groups is 1. The summed E-state index contributed by atoms with van der Waals surface area (Å²) in [5.74, 6) is -2.25. The largest absolute Gasteiger partial charge is 0.472 e. The smallest absolute Gasteiger partial charge is 0.462 e. The number of hydrogen-bond donors (Lipinski definition) is 3. The summed E-state index contributed by atoms with van der Waals surface area (Å²) in [5, 5.41) is 10.6. The second kappa shape index (κ2) is 75.2. The van der Waals surface area contributed by atoms with Crippen molar-refractivity contribution in [1.82, 2.24) is 0 Å². The highest BCUT2D eigenvalue weighted by Gasteiger charge is 2.30. The molecule has 0 saturated carbocycles. The number of carbonyl (C=O) groups is 4. The summed E-state index contributed by atoms with van der Waals surface area (Å²) in [6.07, 6.45) is 79.5. The molecule has 0 bridgehead atoms. The predicted molar refractivity (Wildman–Crippen MR) is 418 cm³/mol. The lowest BCUT2D eigenvalue weighted by atomic mass is 10.0. The van der Waals surface area contributed by atoms with Gasteiger partial charge in [-0.05, 0) is 128 Å². The molecule has 0 aliphatic heterocycles. The summed E-state index contributed by atoms with van der Waals surface area (Å²) in [6.45, 7) is 4.75. The topological polar surface area (TPSA) is 237 Å². The van der Waals surface area contributed by atoms with Gasteiger partial charge in [0.05, 0.1) is 26.4 Å². The number of ether oxygens (including phenoxy) is 4. The van der Waals surface area contributed by atoms with Crippen molar-refractivity contribution in [3.63, 3.8) is 0 Å². The molecule has 0 spiro atoms. The van der Waals surface area contributed by atoms with E-state index in [1.54, 1.807) is 0 Å². The van der Waals surface area contributed by atoms with Crippen molar-refractivity contribution >= 4 is 39.5 Å². The Morgan fingerprint density at radius 3 is 0.794 bits per heavy atom. The molecule has 0 aromatic rings. The van der Waals surface area contributed by atoms with Gasteiger partial charge in [0.25, 0.3) is 0 Å². The van der Waals surface area contributed by atoms with E-state index in [0.29, 0.717) is 32.1 Å². The number of unbranched alkanes of at least 4 members (excludes halogenated alkanes) is 34. The van der Waals surface area contributed by atoms with Gasteiger partial charge in [0, 0.05) is 25.7 Å². The number of carbonyl (C=O) groups excluding carboxylic acids is 4. The van der Waals surface area contributed by atoms with E-state index in [1.165, 1.54) is 122 Å². The fourth-order valence-corrected chi connectivity index (χ4v) is 12.4. The van der Waals surface area contributed by atoms with E-state index in [-0.39, 0.29) is 25.7 Å². The van der Waals surface area contributed by atoms with Crippen LogP contribution in [-0.4, -0.2) is 96.7 Å². The van der Waals surface area contributed by atoms with E-state index in [1.807, 2.05) is 12.2 Å². The van der Waals surface area contributed by atoms with Crippen LogP contribution in [0.5, 0.6) is 0 Å². The van der Waals surface area contributed by atoms with Crippen LogP contribution in [-0.2, 0) is 65.4 Å². The lowest BCUT2D eigenvalue weighted by Crippen LogP contribution is -2.30. The van der Waals surface area contributed by atoms with Crippen LogP contribution in [0.2, 0.25) is 0 Å². The molecule has 0 amide bonds. The summed E-state index contributed by atoms with van der Waals surface area (Å²) in [7, 11) is -9.98. The van der Waals surface area contributed by atoms with E-state index >= 15 is 0 Å². The molecular formula is C83H146O17P2. The molecule has 0 aliphatic rings. The summed E-state index contributed by atoms with van der Waals surface area (Å²) in [4.78, 5) is 73.0. The van der Waals surface area contributed by atoms with E-state index in [4.69, 9.17) is 37.0 Å². The van der Waals surface area contributed by atoms with Crippen LogP contribution in [0, 0.1) is 0 Å². The zero-order valence-electron chi connectivity index (χ0n) is 64.5. The van der Waals surface area contributed by atoms with Crippen molar-refractivity contribution in [1.29, 1.82) is 0 Å². The fraction of sp³-hybridized carbons (Fsp3) is 0.759. The zero-order valence-corrected chi connectivity index (χ0v) is 66.3. The number of phosphoric ester groups is 2. The molecule has 0 aliphatic carbocycles. The maximum absolute atomic E-state index is 13.1. The van der Waals surface area contributed by atoms with Crippen LogP contribution >= 0.6 is 15.6 Å². The van der Waals surface area contributed by atoms with Gasteiger partial charge in [0.2, 0.25) is 0 Å². The highest BCUT2D eigenvalue weighted by molar-refractivity contribution is 7.47. The van der Waals surface area contributed by atoms with Crippen molar-refractivity contribution in [2.45, 2.75) is 367 Å². The Labute approximate surface area is 620 Å². The van der Waals surface area contributed by atoms with E-state index in [0.717, 1.165) is 141 Å². The third-order valence-corrected chi connectivity index (χ3v) is 18.9. The number of esters is 4. The van der Waals surface area contributed by atoms with Gasteiger partial charge in [-0.15, -0.1) is 0 Å². The van der Waals surface area contributed by atoms with Gasteiger partial charge in [-0.1, -0.05) is 292 Å². The van der Waals surface area contributed by atoms with Crippen molar-refractivity contribution < 1.29 is 80.2 Å². The first kappa shape index (κ1) is 98.0. The van der Waals surface area contributed by atoms with Crippen molar-refractivity contribution in [2.24, 2.45) is 0 Å². The van der Waals surface area contributed by atoms with Gasteiger partial charge >= 0.3 is 39.5 Å². The standard InChI is InChI=1S/C83H146O17P2/c1-5-9-13-17-21-25-29-33-37-38-42-46-50-54-58-62-66-70-83(88)100-79(74-94-81(86)68-64-60-56-52-48-44-40-35-31-27-23-19-15-11-7-3)76-98-102(91,92)96-72-77(84)71-95-101(89,90)97-75-78(99-82(87)69-65-61-57-53-49-45-41-36-32-28-24-20-16-12-8-4)73-93-80(85)67-63-59-55-51-47-43-39-34-30-26-22-18-14-10-6-2/h21-23,25-27,33-35,37,39-40,42,46,54,58,77-79,84H,5-20,24,28-32,36,38,41,43-45,47-53,55-57,59-76H2,1-4H3,(H,89,90)(H,91,92)/b25-21-,26-22-,27-23-,37-33-,39-34-,40-35-,46-42-,58-54-/t77-,78-,79-/m1/s1. The monoisotopic (exact) mass is 1480 g/mol. The molecule has 0 aromatic carbocycles. The molecule has 17 nitrogen and oxygen atoms in total. The SMILES string of the molecule is CCCCC/C=C\C/C=C\C/C=C\C/C=C\CCCC(=O)O[C@H](COC(=O)CCCCCCC/C=C\C/C=C\CCCCC)COP(=O)(O)OC[C@H](O)COP(=O)(O)OC[C@@H](COC(=O)CCCCCCC/C=C\C/C=C\CCCCC)OC(=O)CCCCCCCCCCCCCCCCC. The highest BCUT2D eigenvalue weighted by atomic mass is 31.2. The quantitative estimate of drug-likeness (QED) is 0.0169. The number of hydrogen-bond acceptors (Lipinski definition) is 15. The number of allylic oxidation sites excluding steroid dienone is 16. The molecule has 3 N–H and O–H groups in total. The summed E-state index contributed by atoms with van der Waals surface area (Å²) < 4.78 is 68.6. The van der Waals surface area contributed by atoms with E-state index in [9.17, 15) is 43.2 Å². The zero-order chi connectivity index (χ0) is 74.6. The Kier molecular flexibility index (Phi) is 72.3. The average molecular weight is 1480 g/mol. The first-order valence-electron chi connectivity index (χ1n) is 40.5. The molecule has 19 heteroatoms. The molecule has 0 rings (SSSR count). The van der Waals surface area contributed by atoms with Gasteiger partial charge in [-0.2, -0.15) is 0 Å². The van der Waals surface area contributed by atoms with Gasteiger partial charge in [0.15, 0.2) is 12.2 Å². The number of rotatable bonds is 76. The average Bonchev–Trinajstić information content (AvgIpc) is 0.917. The molecular weight excluding hydrogens is 1330 g/mol. The Morgan fingerprint density at radius 2 is 0.490 bits per heavy atom. The molecule has 0 heterocycles. The van der Waals surface area contributed by atoms with Gasteiger partial charge < -0.3 is 33.8 Å². The van der Waals surface area contributed by atoms with Crippen molar-refractivity contribution in [3.05, 3.63) is 97.2 Å². The molecule has 2 unspecified atom stereocenters. The fourth-order valence-electron chi connectivity index (χ4n) is 10.8. The van der Waals surface area contributed by atoms with Crippen LogP contribution in [0.15, 0.2) is 97.2 Å². The Bertz CT molecular complexity index is 2310. The van der Waals surface area contributed by atoms with Crippen molar-refractivity contribution in [2.75, 3.05) is 39.6 Å². The molecule has 0 aromatic heterocycles. The Balaban J connectivity index is 5.42. The van der Waals surface area contributed by atoms with Gasteiger partial charge in [-0.3, -0.25) is 37.3 Å². The maximum Gasteiger partial charge on any atom is 0.472 e. The Hall–Kier alpha value is -4.02. The van der Waals surface area contributed by atoms with Crippen LogP contribution in [0.25, 0.3) is 0 Å². The molecule has 102 heavy (non-hydrogen) atoms. The first-order valence-corrected chi connectivity index (χ1v) is 43.5. The van der Waals surface area contributed by atoms with Gasteiger partial charge in [0.1, 0.15) is 19.3 Å². The summed E-state index contributed by atoms with van der Waals surface area (Å²) >= 11 is 0. The third-order valence-electron chi connectivity index (χ3n) is 17.0. The second-order valence-electron chi connectivity index (χ2n) is 27.0. The normalized spacial score (nSPS) is 14.4. The summed E-state index contributed by atoms with van der Waals surface area (Å²) in [6, 6.07) is 0. The first-order chi connectivity index (χ1) is 49.7. The number of aliphatic hydroxyl groups excluding tert-OH is 1. The van der Waals surface area contributed by atoms with E-state index in [2.05, 4.69) is 113 Å². The maximum atomic E-state index is 13.1. The van der Waals surface area contributed by atoms with Crippen molar-refractivity contribution in [3.8, 4) is 0 Å². The van der Waals surface area contributed by atoms with Crippen LogP contribution < -0.4 is 0 Å². The lowest BCUT2D eigenvalue weighted by molar-refractivity contribution is -0.161. The predicted octanol–water partition coefficient (Wildman–Crippen LogP) is 23.6. The minimum atomic E-state index is -4.99. The molecule has 0 saturated heterocycles. The minimum Gasteiger partial charge on any atom is -0.462 e. The summed E-state index contributed by atoms with van der Waals surface area (Å²) in [5.41, 5.74) is 0. The van der Waals surface area contributed by atoms with Crippen LogP contribution in [0.4, 0.5) is 0 Å². The molecule has 590 valence electrons. The third kappa shape index (κ3) is 74.3. The van der Waals surface area contributed by atoms with E-state index < -0.39 is 97.5 Å². The molecule has 0 radical (unpaired) electrons.